The van der Waals surface area contributed by atoms with Crippen LogP contribution in [0.2, 0.25) is 10.0 Å². The van der Waals surface area contributed by atoms with Gasteiger partial charge in [-0.1, -0.05) is 29.3 Å². The second kappa shape index (κ2) is 7.67. The van der Waals surface area contributed by atoms with Gasteiger partial charge in [-0.3, -0.25) is 4.79 Å². The molecule has 3 rings (SSSR count). The fourth-order valence-corrected chi connectivity index (χ4v) is 5.07. The summed E-state index contributed by atoms with van der Waals surface area (Å²) in [5.41, 5.74) is 1.10. The molecule has 0 saturated carbocycles. The minimum Gasteiger partial charge on any atom is -0.507 e. The van der Waals surface area contributed by atoms with Crippen LogP contribution >= 0.6 is 23.2 Å². The number of nitrogens with zero attached hydrogens (tertiary/aromatic N) is 2. The standard InChI is InChI=1S/C18H18Cl2N2O4S/c1-12-2-3-16(23)17(8-12)27(25,26)22-6-4-21(5-7-22)18(24)13-9-14(19)11-15(20)10-13/h2-3,8-11,23H,4-7H2,1H3. The summed E-state index contributed by atoms with van der Waals surface area (Å²) < 4.78 is 26.9. The van der Waals surface area contributed by atoms with E-state index in [4.69, 9.17) is 23.2 Å². The van der Waals surface area contributed by atoms with Crippen molar-refractivity contribution in [1.29, 1.82) is 0 Å². The second-order valence-electron chi connectivity index (χ2n) is 6.33. The number of aromatic hydroxyl groups is 1. The largest absolute Gasteiger partial charge is 0.507 e. The van der Waals surface area contributed by atoms with E-state index < -0.39 is 10.0 Å². The van der Waals surface area contributed by atoms with Crippen LogP contribution < -0.4 is 0 Å². The zero-order valence-corrected chi connectivity index (χ0v) is 16.9. The molecular formula is C18H18Cl2N2O4S. The van der Waals surface area contributed by atoms with E-state index in [0.717, 1.165) is 5.56 Å². The number of aryl methyl sites for hydroxylation is 1. The van der Waals surface area contributed by atoms with E-state index in [1.54, 1.807) is 24.0 Å². The zero-order valence-electron chi connectivity index (χ0n) is 14.5. The van der Waals surface area contributed by atoms with Gasteiger partial charge >= 0.3 is 0 Å². The van der Waals surface area contributed by atoms with Gasteiger partial charge < -0.3 is 10.0 Å². The van der Waals surface area contributed by atoms with Gasteiger partial charge in [0.1, 0.15) is 10.6 Å². The van der Waals surface area contributed by atoms with Gasteiger partial charge in [0.15, 0.2) is 0 Å². The lowest BCUT2D eigenvalue weighted by Crippen LogP contribution is -2.50. The van der Waals surface area contributed by atoms with Crippen molar-refractivity contribution in [2.75, 3.05) is 26.2 Å². The Kier molecular flexibility index (Phi) is 5.67. The van der Waals surface area contributed by atoms with E-state index in [9.17, 15) is 18.3 Å². The zero-order chi connectivity index (χ0) is 19.8. The van der Waals surface area contributed by atoms with Crippen molar-refractivity contribution in [3.8, 4) is 5.75 Å². The van der Waals surface area contributed by atoms with E-state index >= 15 is 0 Å². The summed E-state index contributed by atoms with van der Waals surface area (Å²) in [6.07, 6.45) is 0. The number of carbonyl (C=O) groups is 1. The van der Waals surface area contributed by atoms with E-state index in [1.165, 1.54) is 28.6 Å². The van der Waals surface area contributed by atoms with Crippen LogP contribution in [0.3, 0.4) is 0 Å². The molecule has 144 valence electrons. The highest BCUT2D eigenvalue weighted by Gasteiger charge is 2.32. The predicted octanol–water partition coefficient (Wildman–Crippen LogP) is 3.15. The van der Waals surface area contributed by atoms with E-state index in [2.05, 4.69) is 0 Å². The summed E-state index contributed by atoms with van der Waals surface area (Å²) in [4.78, 5) is 14.1. The Bertz CT molecular complexity index is 967. The Balaban J connectivity index is 1.75. The van der Waals surface area contributed by atoms with Crippen molar-refractivity contribution in [3.05, 3.63) is 57.6 Å². The molecule has 9 heteroatoms. The average molecular weight is 429 g/mol. The van der Waals surface area contributed by atoms with Crippen molar-refractivity contribution < 1.29 is 18.3 Å². The lowest BCUT2D eigenvalue weighted by atomic mass is 10.2. The van der Waals surface area contributed by atoms with Crippen molar-refractivity contribution in [2.45, 2.75) is 11.8 Å². The van der Waals surface area contributed by atoms with Gasteiger partial charge in [0.25, 0.3) is 5.91 Å². The minimum atomic E-state index is -3.84. The van der Waals surface area contributed by atoms with Gasteiger partial charge in [-0.15, -0.1) is 0 Å². The van der Waals surface area contributed by atoms with Crippen LogP contribution in [0.4, 0.5) is 0 Å². The average Bonchev–Trinajstić information content (AvgIpc) is 2.62. The molecule has 1 aliphatic rings. The fraction of sp³-hybridized carbons (Fsp3) is 0.278. The SMILES string of the molecule is Cc1ccc(O)c(S(=O)(=O)N2CCN(C(=O)c3cc(Cl)cc(Cl)c3)CC2)c1. The first-order valence-corrected chi connectivity index (χ1v) is 10.4. The Morgan fingerprint density at radius 1 is 1.00 bits per heavy atom. The lowest BCUT2D eigenvalue weighted by Gasteiger charge is -2.34. The molecule has 0 radical (unpaired) electrons. The van der Waals surface area contributed by atoms with E-state index in [1.807, 2.05) is 0 Å². The number of piperazine rings is 1. The van der Waals surface area contributed by atoms with Crippen molar-refractivity contribution in [3.63, 3.8) is 0 Å². The first-order valence-electron chi connectivity index (χ1n) is 8.23. The number of carbonyl (C=O) groups excluding carboxylic acids is 1. The summed E-state index contributed by atoms with van der Waals surface area (Å²) in [5, 5.41) is 10.7. The van der Waals surface area contributed by atoms with Crippen LogP contribution in [0, 0.1) is 6.92 Å². The molecule has 0 atom stereocenters. The van der Waals surface area contributed by atoms with Crippen LogP contribution in [0.1, 0.15) is 15.9 Å². The number of phenols is 1. The number of sulfonamides is 1. The molecule has 0 aromatic heterocycles. The monoisotopic (exact) mass is 428 g/mol. The predicted molar refractivity (Wildman–Crippen MR) is 104 cm³/mol. The molecule has 1 aliphatic heterocycles. The van der Waals surface area contributed by atoms with Gasteiger partial charge in [-0.05, 0) is 42.8 Å². The van der Waals surface area contributed by atoms with Crippen molar-refractivity contribution in [1.82, 2.24) is 9.21 Å². The molecule has 0 bridgehead atoms. The molecule has 0 aliphatic carbocycles. The molecule has 1 heterocycles. The van der Waals surface area contributed by atoms with Gasteiger partial charge in [0.05, 0.1) is 0 Å². The second-order valence-corrected chi connectivity index (χ2v) is 9.10. The maximum Gasteiger partial charge on any atom is 0.254 e. The van der Waals surface area contributed by atoms with Crippen LogP contribution in [0.15, 0.2) is 41.3 Å². The Labute approximate surface area is 168 Å². The van der Waals surface area contributed by atoms with Crippen LogP contribution in [0.25, 0.3) is 0 Å². The molecule has 2 aromatic carbocycles. The van der Waals surface area contributed by atoms with Crippen LogP contribution in [0.5, 0.6) is 5.75 Å². The number of rotatable bonds is 3. The summed E-state index contributed by atoms with van der Waals surface area (Å²) in [5.74, 6) is -0.539. The highest BCUT2D eigenvalue weighted by Crippen LogP contribution is 2.28. The first-order chi connectivity index (χ1) is 12.7. The molecule has 27 heavy (non-hydrogen) atoms. The Morgan fingerprint density at radius 3 is 2.19 bits per heavy atom. The molecular weight excluding hydrogens is 411 g/mol. The summed E-state index contributed by atoms with van der Waals surface area (Å²) in [6, 6.07) is 9.05. The number of hydrogen-bond acceptors (Lipinski definition) is 4. The third-order valence-corrected chi connectivity index (χ3v) is 6.73. The topological polar surface area (TPSA) is 77.9 Å². The normalized spacial score (nSPS) is 15.7. The first kappa shape index (κ1) is 19.9. The van der Waals surface area contributed by atoms with Crippen LogP contribution in [-0.4, -0.2) is 54.8 Å². The smallest absolute Gasteiger partial charge is 0.254 e. The molecule has 2 aromatic rings. The highest BCUT2D eigenvalue weighted by molar-refractivity contribution is 7.89. The number of halogens is 2. The van der Waals surface area contributed by atoms with Gasteiger partial charge in [0, 0.05) is 41.8 Å². The van der Waals surface area contributed by atoms with E-state index in [-0.39, 0.29) is 42.7 Å². The summed E-state index contributed by atoms with van der Waals surface area (Å²) >= 11 is 11.9. The van der Waals surface area contributed by atoms with E-state index in [0.29, 0.717) is 15.6 Å². The summed E-state index contributed by atoms with van der Waals surface area (Å²) in [7, 11) is -3.84. The third-order valence-electron chi connectivity index (χ3n) is 4.37. The molecule has 0 spiro atoms. The molecule has 1 amide bonds. The minimum absolute atomic E-state index is 0.121. The maximum atomic E-state index is 12.8. The Morgan fingerprint density at radius 2 is 1.59 bits per heavy atom. The van der Waals surface area contributed by atoms with Crippen molar-refractivity contribution in [2.24, 2.45) is 0 Å². The maximum absolute atomic E-state index is 12.8. The van der Waals surface area contributed by atoms with Gasteiger partial charge in [-0.25, -0.2) is 8.42 Å². The fourth-order valence-electron chi connectivity index (χ4n) is 2.96. The highest BCUT2D eigenvalue weighted by atomic mass is 35.5. The Hall–Kier alpha value is -1.80. The van der Waals surface area contributed by atoms with Crippen LogP contribution in [-0.2, 0) is 10.0 Å². The van der Waals surface area contributed by atoms with Gasteiger partial charge in [0.2, 0.25) is 10.0 Å². The number of hydrogen-bond donors (Lipinski definition) is 1. The third kappa shape index (κ3) is 4.21. The molecule has 0 unspecified atom stereocenters. The van der Waals surface area contributed by atoms with Crippen molar-refractivity contribution >= 4 is 39.1 Å². The van der Waals surface area contributed by atoms with Gasteiger partial charge in [-0.2, -0.15) is 4.31 Å². The molecule has 6 nitrogen and oxygen atoms in total. The molecule has 1 N–H and O–H groups in total. The molecule has 1 fully saturated rings. The number of amides is 1. The quantitative estimate of drug-likeness (QED) is 0.813. The number of benzene rings is 2. The molecule has 1 saturated heterocycles. The lowest BCUT2D eigenvalue weighted by molar-refractivity contribution is 0.0697. The number of phenolic OH excluding ortho intramolecular Hbond substituents is 1. The summed E-state index contributed by atoms with van der Waals surface area (Å²) in [6.45, 7) is 2.49.